The van der Waals surface area contributed by atoms with E-state index in [2.05, 4.69) is 217 Å². The zero-order chi connectivity index (χ0) is 38.4. The Balaban J connectivity index is 0.980. The molecule has 10 aromatic carbocycles. The van der Waals surface area contributed by atoms with E-state index < -0.39 is 0 Å². The normalized spacial score (nSPS) is 11.4. The van der Waals surface area contributed by atoms with Crippen molar-refractivity contribution in [3.8, 4) is 44.5 Å². The van der Waals surface area contributed by atoms with Crippen molar-refractivity contribution < 1.29 is 4.42 Å². The molecule has 58 heavy (non-hydrogen) atoms. The second-order valence-electron chi connectivity index (χ2n) is 14.9. The molecule has 0 radical (unpaired) electrons. The average Bonchev–Trinajstić information content (AvgIpc) is 3.69. The van der Waals surface area contributed by atoms with Gasteiger partial charge < -0.3 is 9.32 Å². The summed E-state index contributed by atoms with van der Waals surface area (Å²) in [6.45, 7) is 0. The first-order chi connectivity index (χ1) is 28.7. The number of rotatable bonds is 7. The van der Waals surface area contributed by atoms with Crippen LogP contribution in [0.2, 0.25) is 0 Å². The molecule has 2 heteroatoms. The van der Waals surface area contributed by atoms with Gasteiger partial charge in [-0.2, -0.15) is 0 Å². The molecule has 0 spiro atoms. The number of fused-ring (bicyclic) bond motifs is 5. The minimum Gasteiger partial charge on any atom is -0.456 e. The standard InChI is InChI=1S/C56H37NO/c1-2-12-44-36-45(27-26-38(44)10-1)41-24-22-39(23-25-41)40-28-32-47(33-29-40)57(48-34-30-43(31-35-48)51-18-8-13-42-11-3-4-16-50(42)51)49-15-7-14-46(37-49)52-19-9-21-55-56(52)53-17-5-6-20-54(53)58-55/h1-37H. The zero-order valence-corrected chi connectivity index (χ0v) is 31.7. The van der Waals surface area contributed by atoms with Crippen molar-refractivity contribution in [3.05, 3.63) is 224 Å². The van der Waals surface area contributed by atoms with Crippen LogP contribution in [0.25, 0.3) is 88.0 Å². The lowest BCUT2D eigenvalue weighted by Crippen LogP contribution is -2.10. The molecule has 0 fully saturated rings. The van der Waals surface area contributed by atoms with Gasteiger partial charge in [-0.3, -0.25) is 0 Å². The fourth-order valence-corrected chi connectivity index (χ4v) is 8.57. The molecule has 272 valence electrons. The minimum atomic E-state index is 0.894. The number of anilines is 3. The van der Waals surface area contributed by atoms with E-state index in [1.54, 1.807) is 0 Å². The van der Waals surface area contributed by atoms with Gasteiger partial charge in [0.05, 0.1) is 0 Å². The van der Waals surface area contributed by atoms with Crippen LogP contribution in [0.15, 0.2) is 229 Å². The molecule has 0 aliphatic carbocycles. The summed E-state index contributed by atoms with van der Waals surface area (Å²) in [6.07, 6.45) is 0. The van der Waals surface area contributed by atoms with Gasteiger partial charge in [-0.15, -0.1) is 0 Å². The number of para-hydroxylation sites is 1. The van der Waals surface area contributed by atoms with Gasteiger partial charge in [0.15, 0.2) is 0 Å². The van der Waals surface area contributed by atoms with Crippen LogP contribution in [0.3, 0.4) is 0 Å². The topological polar surface area (TPSA) is 16.4 Å². The van der Waals surface area contributed by atoms with Gasteiger partial charge in [-0.1, -0.05) is 170 Å². The molecule has 0 saturated heterocycles. The van der Waals surface area contributed by atoms with Gasteiger partial charge >= 0.3 is 0 Å². The molecular formula is C56H37NO. The third-order valence-corrected chi connectivity index (χ3v) is 11.5. The third kappa shape index (κ3) is 6.00. The van der Waals surface area contributed by atoms with E-state index in [9.17, 15) is 0 Å². The highest BCUT2D eigenvalue weighted by atomic mass is 16.3. The Hall–Kier alpha value is -7.68. The van der Waals surface area contributed by atoms with Gasteiger partial charge in [-0.05, 0) is 121 Å². The highest BCUT2D eigenvalue weighted by molar-refractivity contribution is 6.12. The van der Waals surface area contributed by atoms with Crippen LogP contribution < -0.4 is 4.90 Å². The first-order valence-corrected chi connectivity index (χ1v) is 19.8. The Labute approximate surface area is 337 Å². The Morgan fingerprint density at radius 2 is 0.810 bits per heavy atom. The van der Waals surface area contributed by atoms with E-state index in [-0.39, 0.29) is 0 Å². The number of furan rings is 1. The monoisotopic (exact) mass is 739 g/mol. The average molecular weight is 740 g/mol. The first kappa shape index (κ1) is 33.6. The van der Waals surface area contributed by atoms with Crippen molar-refractivity contribution in [2.75, 3.05) is 4.90 Å². The quantitative estimate of drug-likeness (QED) is 0.162. The fraction of sp³-hybridized carbons (Fsp3) is 0. The van der Waals surface area contributed by atoms with Crippen molar-refractivity contribution in [3.63, 3.8) is 0 Å². The van der Waals surface area contributed by atoms with Gasteiger partial charge in [0, 0.05) is 27.8 Å². The number of nitrogens with zero attached hydrogens (tertiary/aromatic N) is 1. The third-order valence-electron chi connectivity index (χ3n) is 11.5. The lowest BCUT2D eigenvalue weighted by Gasteiger charge is -2.26. The zero-order valence-electron chi connectivity index (χ0n) is 31.7. The highest BCUT2D eigenvalue weighted by Crippen LogP contribution is 2.42. The van der Waals surface area contributed by atoms with Gasteiger partial charge in [0.25, 0.3) is 0 Å². The SMILES string of the molecule is c1cc(-c2cccc3oc4ccccc4c23)cc(N(c2ccc(-c3ccc(-c4ccc5ccccc5c4)cc3)cc2)c2ccc(-c3cccc4ccccc34)cc2)c1. The Morgan fingerprint density at radius 1 is 0.276 bits per heavy atom. The molecule has 1 aromatic heterocycles. The summed E-state index contributed by atoms with van der Waals surface area (Å²) in [5, 5.41) is 7.27. The molecule has 11 rings (SSSR count). The second kappa shape index (κ2) is 14.1. The summed E-state index contributed by atoms with van der Waals surface area (Å²) in [7, 11) is 0. The van der Waals surface area contributed by atoms with Crippen molar-refractivity contribution in [2.45, 2.75) is 0 Å². The van der Waals surface area contributed by atoms with E-state index in [0.29, 0.717) is 0 Å². The molecule has 2 nitrogen and oxygen atoms in total. The molecule has 0 atom stereocenters. The summed E-state index contributed by atoms with van der Waals surface area (Å²) in [5.41, 5.74) is 14.5. The van der Waals surface area contributed by atoms with Crippen LogP contribution in [0.4, 0.5) is 17.1 Å². The lowest BCUT2D eigenvalue weighted by atomic mass is 9.97. The van der Waals surface area contributed by atoms with Crippen molar-refractivity contribution >= 4 is 60.5 Å². The first-order valence-electron chi connectivity index (χ1n) is 19.8. The summed E-state index contributed by atoms with van der Waals surface area (Å²) in [5.74, 6) is 0. The number of hydrogen-bond donors (Lipinski definition) is 0. The number of hydrogen-bond acceptors (Lipinski definition) is 2. The van der Waals surface area contributed by atoms with Crippen LogP contribution in [0.5, 0.6) is 0 Å². The van der Waals surface area contributed by atoms with Gasteiger partial charge in [0.1, 0.15) is 11.2 Å². The van der Waals surface area contributed by atoms with Crippen LogP contribution in [-0.4, -0.2) is 0 Å². The van der Waals surface area contributed by atoms with E-state index in [1.165, 1.54) is 54.9 Å². The van der Waals surface area contributed by atoms with Crippen LogP contribution in [-0.2, 0) is 0 Å². The fourth-order valence-electron chi connectivity index (χ4n) is 8.57. The molecule has 0 unspecified atom stereocenters. The van der Waals surface area contributed by atoms with Gasteiger partial charge in [-0.25, -0.2) is 0 Å². The summed E-state index contributed by atoms with van der Waals surface area (Å²) in [6, 6.07) is 80.7. The maximum absolute atomic E-state index is 6.29. The Kier molecular flexibility index (Phi) is 8.19. The highest BCUT2D eigenvalue weighted by Gasteiger charge is 2.17. The number of benzene rings is 10. The lowest BCUT2D eigenvalue weighted by molar-refractivity contribution is 0.669. The molecule has 0 aliphatic heterocycles. The van der Waals surface area contributed by atoms with E-state index in [1.807, 2.05) is 12.1 Å². The van der Waals surface area contributed by atoms with Crippen LogP contribution in [0.1, 0.15) is 0 Å². The molecule has 11 aromatic rings. The van der Waals surface area contributed by atoms with Crippen molar-refractivity contribution in [2.24, 2.45) is 0 Å². The predicted molar refractivity (Wildman–Crippen MR) is 245 cm³/mol. The smallest absolute Gasteiger partial charge is 0.136 e. The van der Waals surface area contributed by atoms with E-state index in [0.717, 1.165) is 50.1 Å². The van der Waals surface area contributed by atoms with Crippen molar-refractivity contribution in [1.29, 1.82) is 0 Å². The molecule has 0 bridgehead atoms. The van der Waals surface area contributed by atoms with Crippen molar-refractivity contribution in [1.82, 2.24) is 0 Å². The van der Waals surface area contributed by atoms with Crippen LogP contribution >= 0.6 is 0 Å². The molecule has 0 aliphatic rings. The van der Waals surface area contributed by atoms with Crippen LogP contribution in [0, 0.1) is 0 Å². The Bertz CT molecular complexity index is 3260. The van der Waals surface area contributed by atoms with Gasteiger partial charge in [0.2, 0.25) is 0 Å². The maximum atomic E-state index is 6.29. The van der Waals surface area contributed by atoms with E-state index >= 15 is 0 Å². The molecule has 0 saturated carbocycles. The molecule has 0 N–H and O–H groups in total. The second-order valence-corrected chi connectivity index (χ2v) is 14.9. The summed E-state index contributed by atoms with van der Waals surface area (Å²) < 4.78 is 6.29. The molecule has 1 heterocycles. The molecular weight excluding hydrogens is 703 g/mol. The molecule has 0 amide bonds. The largest absolute Gasteiger partial charge is 0.456 e. The van der Waals surface area contributed by atoms with E-state index in [4.69, 9.17) is 4.42 Å². The summed E-state index contributed by atoms with van der Waals surface area (Å²) >= 11 is 0. The maximum Gasteiger partial charge on any atom is 0.136 e. The minimum absolute atomic E-state index is 0.894. The predicted octanol–water partition coefficient (Wildman–Crippen LogP) is 16.0. The summed E-state index contributed by atoms with van der Waals surface area (Å²) in [4.78, 5) is 2.36. The Morgan fingerprint density at radius 3 is 1.59 bits per heavy atom.